The molecule has 1 atom stereocenters. The van der Waals surface area contributed by atoms with Crippen LogP contribution in [0.1, 0.15) is 35.8 Å². The summed E-state index contributed by atoms with van der Waals surface area (Å²) in [5.74, 6) is -0.370. The molecule has 1 aliphatic rings. The van der Waals surface area contributed by atoms with Crippen molar-refractivity contribution in [1.82, 2.24) is 29.3 Å². The number of carbonyl (C=O) groups is 2. The zero-order chi connectivity index (χ0) is 23.8. The molecule has 1 saturated heterocycles. The van der Waals surface area contributed by atoms with Gasteiger partial charge in [-0.05, 0) is 39.3 Å². The lowest BCUT2D eigenvalue weighted by Gasteiger charge is -2.20. The quantitative estimate of drug-likeness (QED) is 0.441. The lowest BCUT2D eigenvalue weighted by Crippen LogP contribution is -2.35. The number of pyridine rings is 1. The van der Waals surface area contributed by atoms with Crippen molar-refractivity contribution < 1.29 is 9.59 Å². The number of anilines is 2. The van der Waals surface area contributed by atoms with Crippen molar-refractivity contribution in [2.24, 2.45) is 7.05 Å². The summed E-state index contributed by atoms with van der Waals surface area (Å²) >= 11 is 1.48. The van der Waals surface area contributed by atoms with Crippen LogP contribution in [0.2, 0.25) is 0 Å². The van der Waals surface area contributed by atoms with Crippen LogP contribution < -0.4 is 10.6 Å². The summed E-state index contributed by atoms with van der Waals surface area (Å²) in [6.07, 6.45) is 11.0. The minimum Gasteiger partial charge on any atom is -0.324 e. The fourth-order valence-electron chi connectivity index (χ4n) is 4.15. The second-order valence-corrected chi connectivity index (χ2v) is 9.66. The molecule has 10 nitrogen and oxygen atoms in total. The van der Waals surface area contributed by atoms with Gasteiger partial charge < -0.3 is 10.6 Å². The van der Waals surface area contributed by atoms with Gasteiger partial charge in [0.05, 0.1) is 52.6 Å². The Labute approximate surface area is 200 Å². The molecule has 0 aliphatic carbocycles. The second-order valence-electron chi connectivity index (χ2n) is 8.63. The molecule has 1 aliphatic heterocycles. The van der Waals surface area contributed by atoms with Gasteiger partial charge in [-0.3, -0.25) is 24.2 Å². The molecular formula is C23H26N8O2S. The lowest BCUT2D eigenvalue weighted by molar-refractivity contribution is -0.117. The highest BCUT2D eigenvalue weighted by Crippen LogP contribution is 2.30. The minimum atomic E-state index is -0.283. The molecule has 0 unspecified atom stereocenters. The van der Waals surface area contributed by atoms with Crippen LogP contribution >= 0.6 is 11.3 Å². The first-order valence-electron chi connectivity index (χ1n) is 11.2. The number of fused-ring (bicyclic) bond motifs is 1. The number of thiazole rings is 1. The SMILES string of the molecule is Cc1ncc(NC(=O)CN2CCC[C@H]2C)cc1NC(=O)c1cnn2cc(-c3cnn(C)c3)sc12. The highest BCUT2D eigenvalue weighted by molar-refractivity contribution is 7.21. The van der Waals surface area contributed by atoms with Crippen LogP contribution in [0.25, 0.3) is 15.3 Å². The summed E-state index contributed by atoms with van der Waals surface area (Å²) in [6.45, 7) is 5.24. The Kier molecular flexibility index (Phi) is 5.88. The Hall–Kier alpha value is -3.57. The smallest absolute Gasteiger partial charge is 0.260 e. The molecule has 176 valence electrons. The van der Waals surface area contributed by atoms with E-state index in [9.17, 15) is 9.59 Å². The topological polar surface area (TPSA) is 109 Å². The van der Waals surface area contributed by atoms with Crippen LogP contribution in [-0.4, -0.2) is 60.2 Å². The number of rotatable bonds is 6. The highest BCUT2D eigenvalue weighted by Gasteiger charge is 2.23. The first-order chi connectivity index (χ1) is 16.4. The largest absolute Gasteiger partial charge is 0.324 e. The summed E-state index contributed by atoms with van der Waals surface area (Å²) in [6, 6.07) is 2.15. The van der Waals surface area contributed by atoms with Crippen LogP contribution in [0.5, 0.6) is 0 Å². The van der Waals surface area contributed by atoms with E-state index in [0.717, 1.165) is 34.7 Å². The highest BCUT2D eigenvalue weighted by atomic mass is 32.1. The molecule has 0 spiro atoms. The Balaban J connectivity index is 1.31. The van der Waals surface area contributed by atoms with Gasteiger partial charge >= 0.3 is 0 Å². The number of hydrogen-bond acceptors (Lipinski definition) is 7. The van der Waals surface area contributed by atoms with E-state index in [2.05, 4.69) is 37.6 Å². The number of aryl methyl sites for hydroxylation is 2. The summed E-state index contributed by atoms with van der Waals surface area (Å²) in [4.78, 5) is 33.8. The van der Waals surface area contributed by atoms with E-state index < -0.39 is 0 Å². The Morgan fingerprint density at radius 2 is 2.03 bits per heavy atom. The fraction of sp³-hybridized carbons (Fsp3) is 0.348. The van der Waals surface area contributed by atoms with Crippen molar-refractivity contribution in [3.8, 4) is 10.4 Å². The lowest BCUT2D eigenvalue weighted by atomic mass is 10.2. The average Bonchev–Trinajstić information content (AvgIpc) is 3.56. The van der Waals surface area contributed by atoms with Crippen molar-refractivity contribution in [3.05, 3.63) is 48.3 Å². The predicted octanol–water partition coefficient (Wildman–Crippen LogP) is 3.17. The normalized spacial score (nSPS) is 16.3. The molecule has 34 heavy (non-hydrogen) atoms. The number of aromatic nitrogens is 5. The Morgan fingerprint density at radius 3 is 2.76 bits per heavy atom. The maximum atomic E-state index is 13.1. The number of amides is 2. The fourth-order valence-corrected chi connectivity index (χ4v) is 5.19. The van der Waals surface area contributed by atoms with Crippen molar-refractivity contribution in [2.45, 2.75) is 32.7 Å². The van der Waals surface area contributed by atoms with E-state index in [1.54, 1.807) is 33.9 Å². The molecule has 0 aromatic carbocycles. The van der Waals surface area contributed by atoms with Gasteiger partial charge in [0.15, 0.2) is 0 Å². The van der Waals surface area contributed by atoms with E-state index in [0.29, 0.717) is 35.2 Å². The number of hydrogen-bond donors (Lipinski definition) is 2. The van der Waals surface area contributed by atoms with Crippen LogP contribution in [-0.2, 0) is 11.8 Å². The molecule has 4 aromatic heterocycles. The molecule has 2 amide bonds. The third-order valence-corrected chi connectivity index (χ3v) is 7.25. The van der Waals surface area contributed by atoms with Crippen LogP contribution in [0.3, 0.4) is 0 Å². The molecule has 0 radical (unpaired) electrons. The third-order valence-electron chi connectivity index (χ3n) is 6.09. The van der Waals surface area contributed by atoms with Gasteiger partial charge in [0.25, 0.3) is 5.91 Å². The van der Waals surface area contributed by atoms with E-state index in [1.165, 1.54) is 11.3 Å². The number of nitrogens with one attached hydrogen (secondary N) is 2. The van der Waals surface area contributed by atoms with E-state index in [-0.39, 0.29) is 11.8 Å². The molecule has 11 heteroatoms. The van der Waals surface area contributed by atoms with E-state index in [1.807, 2.05) is 26.4 Å². The first kappa shape index (κ1) is 22.2. The molecule has 0 bridgehead atoms. The Bertz CT molecular complexity index is 1370. The average molecular weight is 479 g/mol. The van der Waals surface area contributed by atoms with Gasteiger partial charge in [0.1, 0.15) is 4.83 Å². The van der Waals surface area contributed by atoms with Gasteiger partial charge in [-0.15, -0.1) is 11.3 Å². The standard InChI is InChI=1S/C23H26N8O2S/c1-14-5-4-6-30(14)13-21(32)27-17-7-19(15(2)24-9-17)28-22(33)18-10-26-31-12-20(34-23(18)31)16-8-25-29(3)11-16/h7-12,14H,4-6,13H2,1-3H3,(H,27,32)(H,28,33)/t14-/m1/s1. The molecule has 1 fully saturated rings. The monoisotopic (exact) mass is 478 g/mol. The zero-order valence-corrected chi connectivity index (χ0v) is 20.1. The van der Waals surface area contributed by atoms with Gasteiger partial charge in [-0.2, -0.15) is 10.2 Å². The number of carbonyl (C=O) groups excluding carboxylic acids is 2. The summed E-state index contributed by atoms with van der Waals surface area (Å²) in [5, 5.41) is 14.4. The third kappa shape index (κ3) is 4.44. The van der Waals surface area contributed by atoms with Gasteiger partial charge in [0.2, 0.25) is 5.91 Å². The molecule has 0 saturated carbocycles. The van der Waals surface area contributed by atoms with E-state index in [4.69, 9.17) is 0 Å². The first-order valence-corrected chi connectivity index (χ1v) is 12.0. The van der Waals surface area contributed by atoms with Crippen LogP contribution in [0.4, 0.5) is 11.4 Å². The minimum absolute atomic E-state index is 0.0865. The van der Waals surface area contributed by atoms with Crippen molar-refractivity contribution in [2.75, 3.05) is 23.7 Å². The zero-order valence-electron chi connectivity index (χ0n) is 19.3. The molecule has 5 heterocycles. The van der Waals surface area contributed by atoms with Crippen LogP contribution in [0.15, 0.2) is 37.1 Å². The van der Waals surface area contributed by atoms with E-state index >= 15 is 0 Å². The predicted molar refractivity (Wildman–Crippen MR) is 131 cm³/mol. The van der Waals surface area contributed by atoms with Crippen molar-refractivity contribution >= 4 is 39.4 Å². The summed E-state index contributed by atoms with van der Waals surface area (Å²) < 4.78 is 3.43. The summed E-state index contributed by atoms with van der Waals surface area (Å²) in [7, 11) is 1.86. The van der Waals surface area contributed by atoms with Crippen molar-refractivity contribution in [1.29, 1.82) is 0 Å². The molecule has 2 N–H and O–H groups in total. The Morgan fingerprint density at radius 1 is 1.18 bits per heavy atom. The summed E-state index contributed by atoms with van der Waals surface area (Å²) in [5.41, 5.74) is 3.19. The van der Waals surface area contributed by atoms with Crippen LogP contribution in [0, 0.1) is 6.92 Å². The van der Waals surface area contributed by atoms with Gasteiger partial charge in [-0.25, -0.2) is 4.52 Å². The molecule has 5 rings (SSSR count). The van der Waals surface area contributed by atoms with Gasteiger partial charge in [-0.1, -0.05) is 0 Å². The van der Waals surface area contributed by atoms with Crippen molar-refractivity contribution in [3.63, 3.8) is 0 Å². The molecular weight excluding hydrogens is 452 g/mol. The maximum absolute atomic E-state index is 13.1. The number of likely N-dealkylation sites (tertiary alicyclic amines) is 1. The second kappa shape index (κ2) is 8.99. The number of nitrogens with zero attached hydrogens (tertiary/aromatic N) is 6. The van der Waals surface area contributed by atoms with Gasteiger partial charge in [0, 0.05) is 31.0 Å². The molecule has 4 aromatic rings. The maximum Gasteiger partial charge on any atom is 0.260 e.